The van der Waals surface area contributed by atoms with Crippen LogP contribution in [0, 0.1) is 5.92 Å². The van der Waals surface area contributed by atoms with E-state index in [4.69, 9.17) is 4.74 Å². The van der Waals surface area contributed by atoms with Crippen molar-refractivity contribution in [3.05, 3.63) is 65.2 Å². The van der Waals surface area contributed by atoms with Crippen LogP contribution in [0.5, 0.6) is 0 Å². The fraction of sp³-hybridized carbons (Fsp3) is 0.346. The van der Waals surface area contributed by atoms with Gasteiger partial charge in [0, 0.05) is 6.04 Å². The molecule has 2 aliphatic rings. The van der Waals surface area contributed by atoms with Gasteiger partial charge in [-0.05, 0) is 43.0 Å². The normalized spacial score (nSPS) is 16.3. The Labute approximate surface area is 202 Å². The van der Waals surface area contributed by atoms with Gasteiger partial charge in [0.2, 0.25) is 0 Å². The Morgan fingerprint density at radius 1 is 1.00 bits per heavy atom. The van der Waals surface area contributed by atoms with Crippen LogP contribution in [0.3, 0.4) is 0 Å². The van der Waals surface area contributed by atoms with E-state index in [1.165, 1.54) is 0 Å². The number of carbonyl (C=O) groups is 5. The molecule has 1 heterocycles. The molecule has 2 aromatic rings. The molecule has 4 amide bonds. The van der Waals surface area contributed by atoms with Crippen LogP contribution in [0.25, 0.3) is 0 Å². The second-order valence-electron chi connectivity index (χ2n) is 8.81. The van der Waals surface area contributed by atoms with Gasteiger partial charge in [-0.25, -0.2) is 4.79 Å². The van der Waals surface area contributed by atoms with Crippen LogP contribution in [-0.2, 0) is 14.3 Å². The number of carbonyl (C=O) groups excluding carboxylic acids is 5. The van der Waals surface area contributed by atoms with E-state index in [1.807, 2.05) is 6.92 Å². The standard InChI is InChI=1S/C26H27N3O6/c1-3-15(2)22(29-24(32)17-8-4-5-9-18(17)25(29)33)26(34)35-14-21(30)28-20-11-7-6-10-19(20)23(31)27-16-12-13-16/h4-11,15-16,22H,3,12-14H2,1-2H3,(H,27,31)(H,28,30)/t15-,22-/m0/s1. The molecule has 1 aliphatic heterocycles. The molecule has 1 fully saturated rings. The molecule has 1 aliphatic carbocycles. The Bertz CT molecular complexity index is 1150. The molecular formula is C26H27N3O6. The van der Waals surface area contributed by atoms with Gasteiger partial charge in [-0.1, -0.05) is 44.5 Å². The summed E-state index contributed by atoms with van der Waals surface area (Å²) in [5.41, 5.74) is 1.07. The molecule has 9 heteroatoms. The topological polar surface area (TPSA) is 122 Å². The number of para-hydroxylation sites is 1. The van der Waals surface area contributed by atoms with Crippen molar-refractivity contribution in [1.29, 1.82) is 0 Å². The molecule has 0 bridgehead atoms. The first-order chi connectivity index (χ1) is 16.8. The third-order valence-corrected chi connectivity index (χ3v) is 6.23. The minimum atomic E-state index is -1.17. The quantitative estimate of drug-likeness (QED) is 0.423. The Hall–Kier alpha value is -4.01. The number of benzene rings is 2. The van der Waals surface area contributed by atoms with Crippen molar-refractivity contribution in [2.75, 3.05) is 11.9 Å². The van der Waals surface area contributed by atoms with Crippen molar-refractivity contribution in [1.82, 2.24) is 10.2 Å². The van der Waals surface area contributed by atoms with Crippen LogP contribution in [0.2, 0.25) is 0 Å². The molecule has 2 N–H and O–H groups in total. The smallest absolute Gasteiger partial charge is 0.330 e. The number of imide groups is 1. The summed E-state index contributed by atoms with van der Waals surface area (Å²) in [6, 6.07) is 11.9. The van der Waals surface area contributed by atoms with Gasteiger partial charge in [-0.15, -0.1) is 0 Å². The fourth-order valence-corrected chi connectivity index (χ4v) is 3.97. The maximum absolute atomic E-state index is 13.0. The van der Waals surface area contributed by atoms with Crippen LogP contribution in [-0.4, -0.2) is 53.2 Å². The molecule has 0 unspecified atom stereocenters. The third-order valence-electron chi connectivity index (χ3n) is 6.23. The van der Waals surface area contributed by atoms with Crippen molar-refractivity contribution in [3.8, 4) is 0 Å². The highest BCUT2D eigenvalue weighted by atomic mass is 16.5. The zero-order chi connectivity index (χ0) is 25.1. The molecule has 35 heavy (non-hydrogen) atoms. The van der Waals surface area contributed by atoms with Crippen LogP contribution >= 0.6 is 0 Å². The third kappa shape index (κ3) is 5.08. The number of anilines is 1. The first-order valence-electron chi connectivity index (χ1n) is 11.6. The second-order valence-corrected chi connectivity index (χ2v) is 8.81. The van der Waals surface area contributed by atoms with Gasteiger partial charge in [0.25, 0.3) is 23.6 Å². The second kappa shape index (κ2) is 10.1. The van der Waals surface area contributed by atoms with E-state index in [1.54, 1.807) is 55.5 Å². The first kappa shape index (κ1) is 24.1. The molecule has 0 spiro atoms. The lowest BCUT2D eigenvalue weighted by molar-refractivity contribution is -0.152. The highest BCUT2D eigenvalue weighted by molar-refractivity contribution is 6.22. The van der Waals surface area contributed by atoms with Crippen LogP contribution < -0.4 is 10.6 Å². The minimum Gasteiger partial charge on any atom is -0.454 e. The van der Waals surface area contributed by atoms with E-state index < -0.39 is 36.3 Å². The van der Waals surface area contributed by atoms with Crippen molar-refractivity contribution >= 4 is 35.3 Å². The summed E-state index contributed by atoms with van der Waals surface area (Å²) in [5.74, 6) is -3.29. The van der Waals surface area contributed by atoms with Crippen molar-refractivity contribution < 1.29 is 28.7 Å². The maximum atomic E-state index is 13.0. The highest BCUT2D eigenvalue weighted by Gasteiger charge is 2.45. The molecule has 2 atom stereocenters. The summed E-state index contributed by atoms with van der Waals surface area (Å²) >= 11 is 0. The summed E-state index contributed by atoms with van der Waals surface area (Å²) in [6.07, 6.45) is 2.37. The number of ether oxygens (including phenoxy) is 1. The predicted octanol–water partition coefficient (Wildman–Crippen LogP) is 2.77. The monoisotopic (exact) mass is 477 g/mol. The number of rotatable bonds is 9. The number of amides is 4. The maximum Gasteiger partial charge on any atom is 0.330 e. The fourth-order valence-electron chi connectivity index (χ4n) is 3.97. The largest absolute Gasteiger partial charge is 0.454 e. The average Bonchev–Trinajstić information content (AvgIpc) is 3.64. The van der Waals surface area contributed by atoms with Crippen LogP contribution in [0.15, 0.2) is 48.5 Å². The molecular weight excluding hydrogens is 450 g/mol. The van der Waals surface area contributed by atoms with Gasteiger partial charge in [-0.2, -0.15) is 0 Å². The van der Waals surface area contributed by atoms with Gasteiger partial charge in [0.15, 0.2) is 6.61 Å². The van der Waals surface area contributed by atoms with E-state index in [0.717, 1.165) is 17.7 Å². The Kier molecular flexibility index (Phi) is 6.95. The Morgan fingerprint density at radius 3 is 2.20 bits per heavy atom. The number of hydrogen-bond donors (Lipinski definition) is 2. The minimum absolute atomic E-state index is 0.159. The molecule has 1 saturated carbocycles. The van der Waals surface area contributed by atoms with Gasteiger partial charge in [0.05, 0.1) is 22.4 Å². The molecule has 0 aromatic heterocycles. The number of nitrogens with one attached hydrogen (secondary N) is 2. The van der Waals surface area contributed by atoms with E-state index in [2.05, 4.69) is 10.6 Å². The summed E-state index contributed by atoms with van der Waals surface area (Å²) < 4.78 is 5.25. The molecule has 0 radical (unpaired) electrons. The molecule has 4 rings (SSSR count). The predicted molar refractivity (Wildman–Crippen MR) is 127 cm³/mol. The lowest BCUT2D eigenvalue weighted by Crippen LogP contribution is -2.49. The molecule has 0 saturated heterocycles. The Morgan fingerprint density at radius 2 is 1.60 bits per heavy atom. The summed E-state index contributed by atoms with van der Waals surface area (Å²) in [6.45, 7) is 2.94. The highest BCUT2D eigenvalue weighted by Crippen LogP contribution is 2.29. The zero-order valence-corrected chi connectivity index (χ0v) is 19.6. The van der Waals surface area contributed by atoms with E-state index >= 15 is 0 Å². The van der Waals surface area contributed by atoms with Crippen molar-refractivity contribution in [3.63, 3.8) is 0 Å². The number of esters is 1. The average molecular weight is 478 g/mol. The van der Waals surface area contributed by atoms with E-state index in [0.29, 0.717) is 17.7 Å². The van der Waals surface area contributed by atoms with Gasteiger partial charge < -0.3 is 15.4 Å². The van der Waals surface area contributed by atoms with E-state index in [9.17, 15) is 24.0 Å². The molecule has 9 nitrogen and oxygen atoms in total. The van der Waals surface area contributed by atoms with Crippen molar-refractivity contribution in [2.45, 2.75) is 45.2 Å². The number of fused-ring (bicyclic) bond motifs is 1. The van der Waals surface area contributed by atoms with Crippen LogP contribution in [0.1, 0.15) is 64.2 Å². The lowest BCUT2D eigenvalue weighted by Gasteiger charge is -2.28. The summed E-state index contributed by atoms with van der Waals surface area (Å²) in [7, 11) is 0. The zero-order valence-electron chi connectivity index (χ0n) is 19.6. The van der Waals surface area contributed by atoms with Gasteiger partial charge >= 0.3 is 5.97 Å². The number of nitrogens with zero attached hydrogens (tertiary/aromatic N) is 1. The summed E-state index contributed by atoms with van der Waals surface area (Å²) in [4.78, 5) is 64.8. The first-order valence-corrected chi connectivity index (χ1v) is 11.6. The van der Waals surface area contributed by atoms with Gasteiger partial charge in [-0.3, -0.25) is 24.1 Å². The lowest BCUT2D eigenvalue weighted by atomic mass is 9.97. The van der Waals surface area contributed by atoms with Gasteiger partial charge in [0.1, 0.15) is 6.04 Å². The Balaban J connectivity index is 1.43. The number of hydrogen-bond acceptors (Lipinski definition) is 6. The summed E-state index contributed by atoms with van der Waals surface area (Å²) in [5, 5.41) is 5.47. The molecule has 2 aromatic carbocycles. The van der Waals surface area contributed by atoms with E-state index in [-0.39, 0.29) is 29.0 Å². The molecule has 182 valence electrons. The van der Waals surface area contributed by atoms with Crippen LogP contribution in [0.4, 0.5) is 5.69 Å². The van der Waals surface area contributed by atoms with Crippen molar-refractivity contribution in [2.24, 2.45) is 5.92 Å². The SMILES string of the molecule is CC[C@H](C)[C@@H](C(=O)OCC(=O)Nc1ccccc1C(=O)NC1CC1)N1C(=O)c2ccccc2C1=O.